The fourth-order valence-electron chi connectivity index (χ4n) is 2.06. The lowest BCUT2D eigenvalue weighted by molar-refractivity contribution is 0.928. The number of H-pyrrole nitrogens is 1. The minimum atomic E-state index is 0.564. The molecule has 106 valence electrons. The number of hydrogen-bond acceptors (Lipinski definition) is 2. The van der Waals surface area contributed by atoms with Crippen molar-refractivity contribution in [2.75, 3.05) is 5.32 Å². The molecule has 6 heteroatoms. The number of fused-ring (bicyclic) bond motifs is 1. The lowest BCUT2D eigenvalue weighted by Crippen LogP contribution is -2.27. The standard InChI is InChI=1S/C15H13ClN4S/c16-12-4-6-13(7-5-12)19-15(21)17-8-10-2-1-3-11-9-18-20-14(10)11/h1-7,9H,8H2,(H,18,20)(H2,17,19,21). The summed E-state index contributed by atoms with van der Waals surface area (Å²) in [6.07, 6.45) is 1.81. The maximum Gasteiger partial charge on any atom is 0.171 e. The Balaban J connectivity index is 1.63. The number of rotatable bonds is 3. The van der Waals surface area contributed by atoms with Gasteiger partial charge in [-0.15, -0.1) is 0 Å². The first-order chi connectivity index (χ1) is 10.2. The van der Waals surface area contributed by atoms with Crippen LogP contribution in [0.15, 0.2) is 48.7 Å². The number of nitrogens with one attached hydrogen (secondary N) is 3. The van der Waals surface area contributed by atoms with Crippen LogP contribution in [0.2, 0.25) is 5.02 Å². The van der Waals surface area contributed by atoms with Crippen LogP contribution in [-0.4, -0.2) is 15.3 Å². The lowest BCUT2D eigenvalue weighted by Gasteiger charge is -2.11. The van der Waals surface area contributed by atoms with Gasteiger partial charge in [-0.3, -0.25) is 5.10 Å². The van der Waals surface area contributed by atoms with Gasteiger partial charge in [0, 0.05) is 22.6 Å². The molecule has 2 aromatic carbocycles. The van der Waals surface area contributed by atoms with Crippen LogP contribution >= 0.6 is 23.8 Å². The minimum absolute atomic E-state index is 0.564. The number of nitrogens with zero attached hydrogens (tertiary/aromatic N) is 1. The third-order valence-corrected chi connectivity index (χ3v) is 3.60. The third kappa shape index (κ3) is 3.32. The topological polar surface area (TPSA) is 52.7 Å². The number of thiocarbonyl (C=S) groups is 1. The Labute approximate surface area is 132 Å². The van der Waals surface area contributed by atoms with E-state index >= 15 is 0 Å². The average Bonchev–Trinajstić information content (AvgIpc) is 2.96. The van der Waals surface area contributed by atoms with Gasteiger partial charge in [0.2, 0.25) is 0 Å². The molecule has 0 aliphatic carbocycles. The summed E-state index contributed by atoms with van der Waals surface area (Å²) >= 11 is 11.1. The Morgan fingerprint density at radius 2 is 2.00 bits per heavy atom. The number of aromatic nitrogens is 2. The smallest absolute Gasteiger partial charge is 0.171 e. The number of halogens is 1. The second kappa shape index (κ2) is 6.11. The summed E-state index contributed by atoms with van der Waals surface area (Å²) in [6.45, 7) is 0.624. The van der Waals surface area contributed by atoms with Crippen LogP contribution in [0.3, 0.4) is 0 Å². The summed E-state index contributed by atoms with van der Waals surface area (Å²) in [4.78, 5) is 0. The first-order valence-corrected chi connectivity index (χ1v) is 7.22. The molecule has 1 heterocycles. The van der Waals surface area contributed by atoms with Crippen molar-refractivity contribution in [3.63, 3.8) is 0 Å². The number of para-hydroxylation sites is 1. The molecule has 0 aliphatic heterocycles. The molecule has 0 unspecified atom stereocenters. The quantitative estimate of drug-likeness (QED) is 0.645. The van der Waals surface area contributed by atoms with Gasteiger partial charge in [-0.05, 0) is 42.0 Å². The summed E-state index contributed by atoms with van der Waals surface area (Å²) in [5, 5.41) is 15.7. The van der Waals surface area contributed by atoms with Crippen LogP contribution in [0.4, 0.5) is 5.69 Å². The first kappa shape index (κ1) is 13.9. The Morgan fingerprint density at radius 1 is 1.19 bits per heavy atom. The van der Waals surface area contributed by atoms with Crippen LogP contribution < -0.4 is 10.6 Å². The Morgan fingerprint density at radius 3 is 2.81 bits per heavy atom. The van der Waals surface area contributed by atoms with Crippen molar-refractivity contribution < 1.29 is 0 Å². The number of aromatic amines is 1. The van der Waals surface area contributed by atoms with Crippen LogP contribution in [-0.2, 0) is 6.54 Å². The maximum absolute atomic E-state index is 5.85. The molecule has 0 amide bonds. The van der Waals surface area contributed by atoms with Crippen molar-refractivity contribution in [3.05, 3.63) is 59.2 Å². The molecule has 0 radical (unpaired) electrons. The highest BCUT2D eigenvalue weighted by molar-refractivity contribution is 7.80. The van der Waals surface area contributed by atoms with Crippen LogP contribution in [0, 0.1) is 0 Å². The molecule has 4 nitrogen and oxygen atoms in total. The molecule has 1 aromatic heterocycles. The van der Waals surface area contributed by atoms with E-state index in [2.05, 4.69) is 20.8 Å². The summed E-state index contributed by atoms with van der Waals surface area (Å²) < 4.78 is 0. The highest BCUT2D eigenvalue weighted by atomic mass is 35.5. The molecule has 0 saturated carbocycles. The van der Waals surface area contributed by atoms with Gasteiger partial charge < -0.3 is 10.6 Å². The van der Waals surface area contributed by atoms with E-state index in [1.807, 2.05) is 48.7 Å². The molecule has 0 saturated heterocycles. The number of anilines is 1. The normalized spacial score (nSPS) is 10.5. The van der Waals surface area contributed by atoms with E-state index in [1.54, 1.807) is 0 Å². The minimum Gasteiger partial charge on any atom is -0.358 e. The Kier molecular flexibility index (Phi) is 4.03. The molecule has 0 bridgehead atoms. The molecular weight excluding hydrogens is 304 g/mol. The van der Waals surface area contributed by atoms with Crippen molar-refractivity contribution in [2.45, 2.75) is 6.54 Å². The van der Waals surface area contributed by atoms with E-state index in [1.165, 1.54) is 0 Å². The first-order valence-electron chi connectivity index (χ1n) is 6.44. The van der Waals surface area contributed by atoms with Gasteiger partial charge in [0.05, 0.1) is 11.7 Å². The molecule has 0 spiro atoms. The van der Waals surface area contributed by atoms with E-state index in [9.17, 15) is 0 Å². The molecule has 21 heavy (non-hydrogen) atoms. The molecular formula is C15H13ClN4S. The van der Waals surface area contributed by atoms with Crippen LogP contribution in [0.25, 0.3) is 10.9 Å². The predicted octanol–water partition coefficient (Wildman–Crippen LogP) is 3.70. The number of hydrogen-bond donors (Lipinski definition) is 3. The summed E-state index contributed by atoms with van der Waals surface area (Å²) in [6, 6.07) is 13.5. The van der Waals surface area contributed by atoms with Gasteiger partial charge in [0.25, 0.3) is 0 Å². The molecule has 0 atom stereocenters. The van der Waals surface area contributed by atoms with Gasteiger partial charge in [-0.1, -0.05) is 29.8 Å². The van der Waals surface area contributed by atoms with Crippen molar-refractivity contribution in [1.82, 2.24) is 15.5 Å². The van der Waals surface area contributed by atoms with Crippen molar-refractivity contribution >= 4 is 45.5 Å². The SMILES string of the molecule is S=C(NCc1cccc2cn[nH]c12)Nc1ccc(Cl)cc1. The fraction of sp³-hybridized carbons (Fsp3) is 0.0667. The molecule has 0 aliphatic rings. The molecule has 3 N–H and O–H groups in total. The van der Waals surface area contributed by atoms with Gasteiger partial charge in [0.15, 0.2) is 5.11 Å². The van der Waals surface area contributed by atoms with Gasteiger partial charge >= 0.3 is 0 Å². The Bertz CT molecular complexity index is 767. The predicted molar refractivity (Wildman–Crippen MR) is 90.6 cm³/mol. The third-order valence-electron chi connectivity index (χ3n) is 3.10. The fourth-order valence-corrected chi connectivity index (χ4v) is 2.38. The van der Waals surface area contributed by atoms with Crippen LogP contribution in [0.5, 0.6) is 0 Å². The monoisotopic (exact) mass is 316 g/mol. The van der Waals surface area contributed by atoms with Gasteiger partial charge in [-0.2, -0.15) is 5.10 Å². The van der Waals surface area contributed by atoms with E-state index in [0.29, 0.717) is 16.7 Å². The zero-order chi connectivity index (χ0) is 14.7. The summed E-state index contributed by atoms with van der Waals surface area (Å²) in [5.74, 6) is 0. The van der Waals surface area contributed by atoms with Crippen molar-refractivity contribution in [3.8, 4) is 0 Å². The molecule has 3 rings (SSSR count). The van der Waals surface area contributed by atoms with Crippen LogP contribution in [0.1, 0.15) is 5.56 Å². The zero-order valence-electron chi connectivity index (χ0n) is 11.1. The molecule has 3 aromatic rings. The van der Waals surface area contributed by atoms with Crippen molar-refractivity contribution in [2.24, 2.45) is 0 Å². The number of benzene rings is 2. The highest BCUT2D eigenvalue weighted by Crippen LogP contribution is 2.16. The maximum atomic E-state index is 5.85. The van der Waals surface area contributed by atoms with E-state index < -0.39 is 0 Å². The van der Waals surface area contributed by atoms with Gasteiger partial charge in [0.1, 0.15) is 0 Å². The van der Waals surface area contributed by atoms with E-state index in [-0.39, 0.29) is 0 Å². The second-order valence-electron chi connectivity index (χ2n) is 4.57. The summed E-state index contributed by atoms with van der Waals surface area (Å²) in [7, 11) is 0. The van der Waals surface area contributed by atoms with E-state index in [4.69, 9.17) is 23.8 Å². The second-order valence-corrected chi connectivity index (χ2v) is 5.41. The van der Waals surface area contributed by atoms with Gasteiger partial charge in [-0.25, -0.2) is 0 Å². The molecule has 0 fully saturated rings. The largest absolute Gasteiger partial charge is 0.358 e. The summed E-state index contributed by atoms with van der Waals surface area (Å²) in [5.41, 5.74) is 3.04. The Hall–Kier alpha value is -2.11. The zero-order valence-corrected chi connectivity index (χ0v) is 12.6. The van der Waals surface area contributed by atoms with E-state index in [0.717, 1.165) is 22.2 Å². The average molecular weight is 317 g/mol. The van der Waals surface area contributed by atoms with Crippen molar-refractivity contribution in [1.29, 1.82) is 0 Å². The highest BCUT2D eigenvalue weighted by Gasteiger charge is 2.03. The lowest BCUT2D eigenvalue weighted by atomic mass is 10.1.